The van der Waals surface area contributed by atoms with Crippen molar-refractivity contribution in [1.82, 2.24) is 8.54 Å². The van der Waals surface area contributed by atoms with Gasteiger partial charge in [0.25, 0.3) is 10.0 Å². The predicted octanol–water partition coefficient (Wildman–Crippen LogP) is 2.37. The molecule has 0 saturated carbocycles. The van der Waals surface area contributed by atoms with Crippen LogP contribution in [0.15, 0.2) is 46.3 Å². The van der Waals surface area contributed by atoms with E-state index < -0.39 is 21.6 Å². The Labute approximate surface area is 133 Å². The van der Waals surface area contributed by atoms with Crippen LogP contribution in [0.3, 0.4) is 0 Å². The fraction of sp³-hybridized carbons (Fsp3) is 0.286. The van der Waals surface area contributed by atoms with Crippen LogP contribution in [0.2, 0.25) is 5.02 Å². The van der Waals surface area contributed by atoms with E-state index in [1.165, 1.54) is 30.5 Å². The Morgan fingerprint density at radius 1 is 1.18 bits per heavy atom. The molecule has 0 bridgehead atoms. The van der Waals surface area contributed by atoms with E-state index in [-0.39, 0.29) is 11.3 Å². The number of unbranched alkanes of at least 4 members (excludes halogenated alkanes) is 1. The van der Waals surface area contributed by atoms with Gasteiger partial charge in [0.1, 0.15) is 0 Å². The van der Waals surface area contributed by atoms with Crippen LogP contribution in [-0.2, 0) is 10.0 Å². The number of carbonyl (C=O) groups excluding carboxylic acids is 1. The maximum Gasteiger partial charge on any atom is 0.349 e. The largest absolute Gasteiger partial charge is 0.349 e. The number of rotatable bonds is 5. The molecule has 0 spiro atoms. The second-order valence-electron chi connectivity index (χ2n) is 4.70. The van der Waals surface area contributed by atoms with Crippen LogP contribution < -0.4 is 5.69 Å². The maximum absolute atomic E-state index is 12.4. The molecule has 2 rings (SSSR count). The highest BCUT2D eigenvalue weighted by atomic mass is 35.5. The molecule has 0 unspecified atom stereocenters. The lowest BCUT2D eigenvalue weighted by Crippen LogP contribution is -2.32. The van der Waals surface area contributed by atoms with Gasteiger partial charge in [-0.3, -0.25) is 4.79 Å². The molecule has 0 N–H and O–H groups in total. The molecule has 0 radical (unpaired) electrons. The SMILES string of the molecule is CCCCC(=O)n1ccn(S(=O)(=O)c2ccc(Cl)cc2)c1=O. The Bertz CT molecular complexity index is 834. The standard InChI is InChI=1S/C14H15ClN2O4S/c1-2-3-4-13(18)16-9-10-17(14(16)19)22(20,21)12-7-5-11(15)6-8-12/h5-10H,2-4H2,1H3. The summed E-state index contributed by atoms with van der Waals surface area (Å²) in [5.74, 6) is -0.420. The molecule has 1 heterocycles. The number of hydrogen-bond acceptors (Lipinski definition) is 4. The summed E-state index contributed by atoms with van der Waals surface area (Å²) in [6, 6.07) is 5.45. The highest BCUT2D eigenvalue weighted by Crippen LogP contribution is 2.16. The highest BCUT2D eigenvalue weighted by Gasteiger charge is 2.22. The number of nitrogens with zero attached hydrogens (tertiary/aromatic N) is 2. The summed E-state index contributed by atoms with van der Waals surface area (Å²) in [5.41, 5.74) is -0.893. The Balaban J connectivity index is 2.41. The summed E-state index contributed by atoms with van der Waals surface area (Å²) >= 11 is 5.72. The molecule has 2 aromatic rings. The van der Waals surface area contributed by atoms with Crippen molar-refractivity contribution in [3.05, 3.63) is 52.2 Å². The van der Waals surface area contributed by atoms with Crippen LogP contribution in [0.1, 0.15) is 31.0 Å². The van der Waals surface area contributed by atoms with Crippen molar-refractivity contribution in [2.75, 3.05) is 0 Å². The zero-order chi connectivity index (χ0) is 16.3. The monoisotopic (exact) mass is 342 g/mol. The van der Waals surface area contributed by atoms with Crippen LogP contribution in [0, 0.1) is 0 Å². The van der Waals surface area contributed by atoms with Gasteiger partial charge in [0.05, 0.1) is 4.90 Å². The van der Waals surface area contributed by atoms with Crippen LogP contribution in [0.4, 0.5) is 0 Å². The van der Waals surface area contributed by atoms with E-state index in [4.69, 9.17) is 11.6 Å². The molecular formula is C14H15ClN2O4S. The third-order valence-electron chi connectivity index (χ3n) is 3.13. The quantitative estimate of drug-likeness (QED) is 0.835. The number of aromatic nitrogens is 2. The molecule has 0 atom stereocenters. The molecule has 22 heavy (non-hydrogen) atoms. The fourth-order valence-electron chi connectivity index (χ4n) is 1.90. The molecule has 0 amide bonds. The van der Waals surface area contributed by atoms with E-state index in [1.54, 1.807) is 0 Å². The van der Waals surface area contributed by atoms with Gasteiger partial charge in [0.2, 0.25) is 5.91 Å². The number of benzene rings is 1. The predicted molar refractivity (Wildman–Crippen MR) is 82.9 cm³/mol. The van der Waals surface area contributed by atoms with E-state index in [1.807, 2.05) is 6.92 Å². The molecule has 118 valence electrons. The fourth-order valence-corrected chi connectivity index (χ4v) is 3.24. The van der Waals surface area contributed by atoms with Gasteiger partial charge in [-0.25, -0.2) is 17.8 Å². The Kier molecular flexibility index (Phi) is 4.87. The summed E-state index contributed by atoms with van der Waals surface area (Å²) < 4.78 is 26.2. The van der Waals surface area contributed by atoms with Crippen LogP contribution in [-0.4, -0.2) is 22.9 Å². The smallest absolute Gasteiger partial charge is 0.274 e. The van der Waals surface area contributed by atoms with E-state index in [0.29, 0.717) is 15.4 Å². The first-order valence-corrected chi connectivity index (χ1v) is 8.54. The molecule has 0 saturated heterocycles. The minimum Gasteiger partial charge on any atom is -0.274 e. The molecular weight excluding hydrogens is 328 g/mol. The molecule has 0 aliphatic rings. The maximum atomic E-state index is 12.4. The number of imidazole rings is 1. The zero-order valence-electron chi connectivity index (χ0n) is 11.9. The van der Waals surface area contributed by atoms with E-state index in [0.717, 1.165) is 17.2 Å². The minimum atomic E-state index is -4.05. The molecule has 8 heteroatoms. The summed E-state index contributed by atoms with van der Waals surface area (Å²) in [4.78, 5) is 24.0. The van der Waals surface area contributed by atoms with E-state index >= 15 is 0 Å². The summed E-state index contributed by atoms with van der Waals surface area (Å²) in [6.07, 6.45) is 3.90. The van der Waals surface area contributed by atoms with Gasteiger partial charge in [0, 0.05) is 23.8 Å². The number of carbonyl (C=O) groups is 1. The summed E-state index contributed by atoms with van der Waals surface area (Å²) in [7, 11) is -4.05. The first-order valence-electron chi connectivity index (χ1n) is 6.72. The highest BCUT2D eigenvalue weighted by molar-refractivity contribution is 7.90. The summed E-state index contributed by atoms with van der Waals surface area (Å²) in [6.45, 7) is 1.92. The topological polar surface area (TPSA) is 78.1 Å². The zero-order valence-corrected chi connectivity index (χ0v) is 13.5. The molecule has 0 fully saturated rings. The van der Waals surface area contributed by atoms with Crippen molar-refractivity contribution in [1.29, 1.82) is 0 Å². The molecule has 1 aromatic carbocycles. The normalized spacial score (nSPS) is 11.5. The first-order chi connectivity index (χ1) is 10.4. The second kappa shape index (κ2) is 6.50. The molecule has 1 aromatic heterocycles. The van der Waals surface area contributed by atoms with Gasteiger partial charge in [0.15, 0.2) is 0 Å². The van der Waals surface area contributed by atoms with Crippen molar-refractivity contribution in [2.24, 2.45) is 0 Å². The third-order valence-corrected chi connectivity index (χ3v) is 5.04. The Hall–Kier alpha value is -1.86. The average molecular weight is 343 g/mol. The van der Waals surface area contributed by atoms with Gasteiger partial charge >= 0.3 is 5.69 Å². The average Bonchev–Trinajstić information content (AvgIpc) is 2.87. The minimum absolute atomic E-state index is 0.0715. The van der Waals surface area contributed by atoms with Gasteiger partial charge in [-0.1, -0.05) is 24.9 Å². The Morgan fingerprint density at radius 2 is 1.82 bits per heavy atom. The van der Waals surface area contributed by atoms with Crippen LogP contribution in [0.5, 0.6) is 0 Å². The van der Waals surface area contributed by atoms with Crippen LogP contribution in [0.25, 0.3) is 0 Å². The van der Waals surface area contributed by atoms with E-state index in [9.17, 15) is 18.0 Å². The van der Waals surface area contributed by atoms with Gasteiger partial charge in [-0.05, 0) is 30.7 Å². The van der Waals surface area contributed by atoms with Crippen molar-refractivity contribution < 1.29 is 13.2 Å². The number of hydrogen-bond donors (Lipinski definition) is 0. The van der Waals surface area contributed by atoms with E-state index in [2.05, 4.69) is 0 Å². The van der Waals surface area contributed by atoms with Crippen molar-refractivity contribution in [3.8, 4) is 0 Å². The molecule has 6 nitrogen and oxygen atoms in total. The number of halogens is 1. The van der Waals surface area contributed by atoms with Crippen molar-refractivity contribution in [3.63, 3.8) is 0 Å². The second-order valence-corrected chi connectivity index (χ2v) is 6.95. The first kappa shape index (κ1) is 16.5. The van der Waals surface area contributed by atoms with Crippen molar-refractivity contribution in [2.45, 2.75) is 31.1 Å². The lowest BCUT2D eigenvalue weighted by Gasteiger charge is -2.04. The molecule has 0 aliphatic heterocycles. The van der Waals surface area contributed by atoms with Crippen LogP contribution >= 0.6 is 11.6 Å². The van der Waals surface area contributed by atoms with Crippen molar-refractivity contribution >= 4 is 27.5 Å². The lowest BCUT2D eigenvalue weighted by atomic mass is 10.2. The third kappa shape index (κ3) is 3.15. The molecule has 0 aliphatic carbocycles. The van der Waals surface area contributed by atoms with Gasteiger partial charge < -0.3 is 0 Å². The summed E-state index contributed by atoms with van der Waals surface area (Å²) in [5, 5.41) is 0.388. The van der Waals surface area contributed by atoms with Gasteiger partial charge in [-0.15, -0.1) is 0 Å². The Morgan fingerprint density at radius 3 is 2.41 bits per heavy atom. The van der Waals surface area contributed by atoms with Gasteiger partial charge in [-0.2, -0.15) is 3.97 Å². The lowest BCUT2D eigenvalue weighted by molar-refractivity contribution is 0.0895.